The highest BCUT2D eigenvalue weighted by atomic mass is 35.5. The third kappa shape index (κ3) is 4.40. The minimum Gasteiger partial charge on any atom is -0.457 e. The van der Waals surface area contributed by atoms with Crippen LogP contribution in [0.2, 0.25) is 20.1 Å². The van der Waals surface area contributed by atoms with Gasteiger partial charge in [0.1, 0.15) is 17.5 Å². The summed E-state index contributed by atoms with van der Waals surface area (Å²) >= 11 is 24.4. The summed E-state index contributed by atoms with van der Waals surface area (Å²) in [6.45, 7) is 1.42. The summed E-state index contributed by atoms with van der Waals surface area (Å²) in [6, 6.07) is 19.2. The Hall–Kier alpha value is -3.29. The summed E-state index contributed by atoms with van der Waals surface area (Å²) in [5, 5.41) is 4.06. The third-order valence-corrected chi connectivity index (χ3v) is 7.80. The van der Waals surface area contributed by atoms with Crippen molar-refractivity contribution in [2.75, 3.05) is 5.32 Å². The first-order valence-corrected chi connectivity index (χ1v) is 12.5. The van der Waals surface area contributed by atoms with Gasteiger partial charge in [-0.2, -0.15) is 0 Å². The van der Waals surface area contributed by atoms with Gasteiger partial charge in [0.05, 0.1) is 31.2 Å². The lowest BCUT2D eigenvalue weighted by Crippen LogP contribution is -2.45. The summed E-state index contributed by atoms with van der Waals surface area (Å²) in [5.74, 6) is -0.895. The van der Waals surface area contributed by atoms with E-state index in [0.29, 0.717) is 17.2 Å². The van der Waals surface area contributed by atoms with Gasteiger partial charge in [-0.25, -0.2) is 0 Å². The van der Waals surface area contributed by atoms with E-state index in [-0.39, 0.29) is 31.2 Å². The molecular formula is C27H16Cl4N2O4. The topological polar surface area (TPSA) is 75.7 Å². The molecule has 4 aromatic rings. The molecule has 0 saturated heterocycles. The summed E-state index contributed by atoms with van der Waals surface area (Å²) in [5.41, 5.74) is 0.0854. The highest BCUT2D eigenvalue weighted by Gasteiger charge is 2.45. The van der Waals surface area contributed by atoms with Crippen molar-refractivity contribution in [1.82, 2.24) is 4.90 Å². The zero-order chi connectivity index (χ0) is 26.4. The Labute approximate surface area is 231 Å². The molecule has 0 aliphatic carbocycles. The van der Waals surface area contributed by atoms with Gasteiger partial charge in [-0.05, 0) is 42.6 Å². The Balaban J connectivity index is 1.32. The van der Waals surface area contributed by atoms with E-state index in [9.17, 15) is 14.4 Å². The van der Waals surface area contributed by atoms with E-state index < -0.39 is 23.8 Å². The van der Waals surface area contributed by atoms with Crippen molar-refractivity contribution in [2.24, 2.45) is 0 Å². The first-order chi connectivity index (χ1) is 17.7. The second-order valence-corrected chi connectivity index (χ2v) is 9.77. The molecule has 1 atom stereocenters. The molecular weight excluding hydrogens is 558 g/mol. The molecule has 5 rings (SSSR count). The van der Waals surface area contributed by atoms with Crippen LogP contribution in [-0.4, -0.2) is 28.7 Å². The fourth-order valence-electron chi connectivity index (χ4n) is 4.10. The quantitative estimate of drug-likeness (QED) is 0.150. The number of rotatable bonds is 5. The summed E-state index contributed by atoms with van der Waals surface area (Å²) < 4.78 is 6.03. The second-order valence-electron chi connectivity index (χ2n) is 8.26. The molecule has 10 heteroatoms. The van der Waals surface area contributed by atoms with E-state index in [1.165, 1.54) is 6.92 Å². The molecule has 1 N–H and O–H groups in total. The number of carbonyl (C=O) groups excluding carboxylic acids is 3. The Morgan fingerprint density at radius 1 is 0.784 bits per heavy atom. The normalized spacial score (nSPS) is 13.6. The zero-order valence-electron chi connectivity index (χ0n) is 19.0. The minimum absolute atomic E-state index is 0.141. The number of nitrogens with one attached hydrogen (secondary N) is 1. The molecule has 0 saturated carbocycles. The van der Waals surface area contributed by atoms with Crippen LogP contribution in [0.3, 0.4) is 0 Å². The van der Waals surface area contributed by atoms with E-state index >= 15 is 0 Å². The molecule has 0 fully saturated rings. The molecule has 0 unspecified atom stereocenters. The van der Waals surface area contributed by atoms with Gasteiger partial charge in [0.25, 0.3) is 11.8 Å². The van der Waals surface area contributed by atoms with Crippen molar-refractivity contribution in [3.63, 3.8) is 0 Å². The van der Waals surface area contributed by atoms with Crippen LogP contribution in [0.25, 0.3) is 10.8 Å². The van der Waals surface area contributed by atoms with Crippen molar-refractivity contribution in [3.05, 3.63) is 97.9 Å². The molecule has 6 nitrogen and oxygen atoms in total. The number of amides is 3. The number of fused-ring (bicyclic) bond motifs is 2. The van der Waals surface area contributed by atoms with Gasteiger partial charge < -0.3 is 10.1 Å². The number of nitrogens with zero attached hydrogens (tertiary/aromatic N) is 1. The number of hydrogen-bond acceptors (Lipinski definition) is 4. The van der Waals surface area contributed by atoms with Crippen LogP contribution in [0, 0.1) is 0 Å². The summed E-state index contributed by atoms with van der Waals surface area (Å²) in [6.07, 6.45) is 0. The number of hydrogen-bond donors (Lipinski definition) is 1. The smallest absolute Gasteiger partial charge is 0.263 e. The predicted molar refractivity (Wildman–Crippen MR) is 146 cm³/mol. The minimum atomic E-state index is -1.18. The largest absolute Gasteiger partial charge is 0.457 e. The van der Waals surface area contributed by atoms with Crippen LogP contribution in [0.5, 0.6) is 11.5 Å². The van der Waals surface area contributed by atoms with E-state index in [1.54, 1.807) is 24.3 Å². The maximum atomic E-state index is 13.0. The molecule has 1 aliphatic heterocycles. The van der Waals surface area contributed by atoms with Gasteiger partial charge in [0.2, 0.25) is 5.91 Å². The Bertz CT molecular complexity index is 1550. The van der Waals surface area contributed by atoms with E-state index in [0.717, 1.165) is 15.7 Å². The van der Waals surface area contributed by atoms with Gasteiger partial charge in [-0.1, -0.05) is 82.8 Å². The average Bonchev–Trinajstić information content (AvgIpc) is 3.16. The molecule has 37 heavy (non-hydrogen) atoms. The third-order valence-electron chi connectivity index (χ3n) is 6.00. The average molecular weight is 574 g/mol. The van der Waals surface area contributed by atoms with Crippen LogP contribution in [0.4, 0.5) is 5.69 Å². The molecule has 0 radical (unpaired) electrons. The summed E-state index contributed by atoms with van der Waals surface area (Å²) in [4.78, 5) is 39.8. The zero-order valence-corrected chi connectivity index (χ0v) is 22.0. The Morgan fingerprint density at radius 3 is 1.97 bits per heavy atom. The van der Waals surface area contributed by atoms with Crippen LogP contribution in [0.1, 0.15) is 27.6 Å². The van der Waals surface area contributed by atoms with E-state index in [2.05, 4.69) is 5.32 Å². The standard InChI is InChI=1S/C27H16Cl4N2O4/c1-13(33-26(35)19-20(27(33)36)22(29)24(31)23(30)21(19)28)25(34)32-15-9-11-16(12-10-15)37-18-8-4-6-14-5-2-3-7-17(14)18/h2-13H,1H3,(H,32,34)/t13-/m1/s1. The fraction of sp³-hybridized carbons (Fsp3) is 0.0741. The monoisotopic (exact) mass is 572 g/mol. The van der Waals surface area contributed by atoms with Crippen molar-refractivity contribution < 1.29 is 19.1 Å². The molecule has 186 valence electrons. The lowest BCUT2D eigenvalue weighted by atomic mass is 10.1. The van der Waals surface area contributed by atoms with Gasteiger partial charge in [-0.3, -0.25) is 19.3 Å². The lowest BCUT2D eigenvalue weighted by molar-refractivity contribution is -0.119. The van der Waals surface area contributed by atoms with Gasteiger partial charge in [-0.15, -0.1) is 0 Å². The highest BCUT2D eigenvalue weighted by Crippen LogP contribution is 2.45. The second kappa shape index (κ2) is 9.88. The highest BCUT2D eigenvalue weighted by molar-refractivity contribution is 6.55. The SMILES string of the molecule is C[C@H](C(=O)Nc1ccc(Oc2cccc3ccccc23)cc1)N1C(=O)c2c(Cl)c(Cl)c(Cl)c(Cl)c2C1=O. The Kier molecular flexibility index (Phi) is 6.77. The van der Waals surface area contributed by atoms with Crippen LogP contribution in [-0.2, 0) is 4.79 Å². The molecule has 1 heterocycles. The van der Waals surface area contributed by atoms with Crippen LogP contribution < -0.4 is 10.1 Å². The van der Waals surface area contributed by atoms with Crippen LogP contribution >= 0.6 is 46.4 Å². The van der Waals surface area contributed by atoms with Crippen molar-refractivity contribution in [1.29, 1.82) is 0 Å². The first kappa shape index (κ1) is 25.4. The first-order valence-electron chi connectivity index (χ1n) is 11.0. The number of benzene rings is 4. The maximum Gasteiger partial charge on any atom is 0.263 e. The van der Waals surface area contributed by atoms with Crippen molar-refractivity contribution in [2.45, 2.75) is 13.0 Å². The van der Waals surface area contributed by atoms with Gasteiger partial charge in [0, 0.05) is 11.1 Å². The number of carbonyl (C=O) groups is 3. The number of halogens is 4. The summed E-state index contributed by atoms with van der Waals surface area (Å²) in [7, 11) is 0. The van der Waals surface area contributed by atoms with E-state index in [1.807, 2.05) is 42.5 Å². The van der Waals surface area contributed by atoms with E-state index in [4.69, 9.17) is 51.1 Å². The molecule has 4 aromatic carbocycles. The van der Waals surface area contributed by atoms with Crippen molar-refractivity contribution in [3.8, 4) is 11.5 Å². The predicted octanol–water partition coefficient (Wildman–Crippen LogP) is 7.87. The Morgan fingerprint density at radius 2 is 1.35 bits per heavy atom. The number of anilines is 1. The fourth-order valence-corrected chi connectivity index (χ4v) is 5.11. The van der Waals surface area contributed by atoms with Gasteiger partial charge >= 0.3 is 0 Å². The molecule has 3 amide bonds. The maximum absolute atomic E-state index is 13.0. The lowest BCUT2D eigenvalue weighted by Gasteiger charge is -2.21. The number of imide groups is 1. The molecule has 0 spiro atoms. The molecule has 1 aliphatic rings. The molecule has 0 aromatic heterocycles. The number of ether oxygens (including phenoxy) is 1. The van der Waals surface area contributed by atoms with Crippen LogP contribution in [0.15, 0.2) is 66.7 Å². The molecule has 0 bridgehead atoms. The van der Waals surface area contributed by atoms with Gasteiger partial charge in [0.15, 0.2) is 0 Å². The van der Waals surface area contributed by atoms with Crippen molar-refractivity contribution >= 4 is 80.6 Å².